The fraction of sp³-hybridized carbons (Fsp3) is 0.667. The van der Waals surface area contributed by atoms with Crippen LogP contribution in [0.5, 0.6) is 0 Å². The fourth-order valence-electron chi connectivity index (χ4n) is 0.674. The Morgan fingerprint density at radius 3 is 2.12 bits per heavy atom. The van der Waals surface area contributed by atoms with Gasteiger partial charge >= 0.3 is 0 Å². The summed E-state index contributed by atoms with van der Waals surface area (Å²) < 4.78 is 0.813. The zero-order valence-electron chi connectivity index (χ0n) is 13.3. The van der Waals surface area contributed by atoms with E-state index in [-0.39, 0.29) is 20.9 Å². The number of nitrogens with one attached hydrogen (secondary N) is 1. The summed E-state index contributed by atoms with van der Waals surface area (Å²) >= 11 is 11.9. The maximum absolute atomic E-state index is 8.07. The second-order valence-corrected chi connectivity index (χ2v) is 6.05. The van der Waals surface area contributed by atoms with Gasteiger partial charge in [0.2, 0.25) is 6.19 Å². The zero-order chi connectivity index (χ0) is 17.6. The number of nitrogens with two attached hydrogens (primary N) is 1. The molecule has 0 unspecified atom stereocenters. The summed E-state index contributed by atoms with van der Waals surface area (Å²) in [4.78, 5) is 7.48. The van der Waals surface area contributed by atoms with Crippen LogP contribution in [0.3, 0.4) is 0 Å². The monoisotopic (exact) mass is 448 g/mol. The molecule has 0 radical (unpaired) electrons. The van der Waals surface area contributed by atoms with Gasteiger partial charge in [0, 0.05) is 18.1 Å². The zero-order valence-corrected chi connectivity index (χ0v) is 18.6. The number of nitrogens with zero attached hydrogens (tertiary/aromatic N) is 4. The Kier molecular flexibility index (Phi) is 50.8. The summed E-state index contributed by atoms with van der Waals surface area (Å²) in [7, 11) is 0. The molecule has 3 N–H and O–H groups in total. The van der Waals surface area contributed by atoms with Crippen LogP contribution in [0.15, 0.2) is 9.98 Å². The Morgan fingerprint density at radius 1 is 1.42 bits per heavy atom. The minimum atomic E-state index is 0. The molecule has 0 aliphatic carbocycles. The molecule has 6 nitrogen and oxygen atoms in total. The van der Waals surface area contributed by atoms with Crippen molar-refractivity contribution in [2.45, 2.75) is 7.43 Å². The van der Waals surface area contributed by atoms with Crippen molar-refractivity contribution in [2.24, 2.45) is 15.7 Å². The summed E-state index contributed by atoms with van der Waals surface area (Å²) in [5.41, 5.74) is 4.95. The molecule has 0 bridgehead atoms. The summed E-state index contributed by atoms with van der Waals surface area (Å²) in [5, 5.41) is 19.3. The molecular weight excluding hydrogens is 421 g/mol. The third kappa shape index (κ3) is 30.1. The van der Waals surface area contributed by atoms with Crippen LogP contribution in [0.4, 0.5) is 0 Å². The number of thioether (sulfide) groups is 3. The smallest absolute Gasteiger partial charge is 0.207 e. The van der Waals surface area contributed by atoms with E-state index in [1.807, 2.05) is 18.7 Å². The maximum atomic E-state index is 8.07. The topological polar surface area (TPSA) is 110 Å². The lowest BCUT2D eigenvalue weighted by molar-refractivity contribution is 1.15. The molecule has 0 aromatic heterocycles. The Morgan fingerprint density at radius 2 is 1.92 bits per heavy atom. The van der Waals surface area contributed by atoms with E-state index in [2.05, 4.69) is 40.6 Å². The summed E-state index contributed by atoms with van der Waals surface area (Å²) in [5.74, 6) is 1.80. The van der Waals surface area contributed by atoms with Crippen molar-refractivity contribution in [3.63, 3.8) is 0 Å². The average molecular weight is 449 g/mol. The third-order valence-corrected chi connectivity index (χ3v) is 4.40. The van der Waals surface area contributed by atoms with Crippen molar-refractivity contribution < 1.29 is 0 Å². The molecule has 0 saturated heterocycles. The van der Waals surface area contributed by atoms with E-state index in [9.17, 15) is 0 Å². The molecule has 142 valence electrons. The number of amidine groups is 1. The quantitative estimate of drug-likeness (QED) is 0.160. The molecule has 0 amide bonds. The van der Waals surface area contributed by atoms with E-state index in [1.165, 1.54) is 23.5 Å². The highest BCUT2D eigenvalue weighted by molar-refractivity contribution is 8.38. The van der Waals surface area contributed by atoms with Crippen LogP contribution in [0.1, 0.15) is 7.43 Å². The van der Waals surface area contributed by atoms with E-state index < -0.39 is 0 Å². The number of thiol groups is 2. The second-order valence-electron chi connectivity index (χ2n) is 2.67. The number of aliphatic imine (C=N–C) groups is 2. The van der Waals surface area contributed by atoms with Crippen molar-refractivity contribution >= 4 is 83.6 Å². The Balaban J connectivity index is -0.0000000718. The summed E-state index contributed by atoms with van der Waals surface area (Å²) in [6.45, 7) is 1.53. The van der Waals surface area contributed by atoms with Crippen molar-refractivity contribution in [1.82, 2.24) is 5.32 Å². The molecule has 24 heavy (non-hydrogen) atoms. The fourth-order valence-corrected chi connectivity index (χ4v) is 2.28. The van der Waals surface area contributed by atoms with E-state index in [1.54, 1.807) is 24.2 Å². The molecule has 1 heterocycles. The first-order chi connectivity index (χ1) is 10.7. The van der Waals surface area contributed by atoms with Gasteiger partial charge < -0.3 is 5.73 Å². The van der Waals surface area contributed by atoms with Crippen LogP contribution >= 0.6 is 74.0 Å². The molecule has 0 atom stereocenters. The van der Waals surface area contributed by atoms with Crippen molar-refractivity contribution in [2.75, 3.05) is 43.4 Å². The van der Waals surface area contributed by atoms with Gasteiger partial charge in [-0.3, -0.25) is 10.3 Å². The van der Waals surface area contributed by atoms with Gasteiger partial charge in [0.15, 0.2) is 11.4 Å². The molecule has 12 heteroatoms. The molecular formula is C12H28N6S6. The first-order valence-corrected chi connectivity index (χ1v) is 10.8. The van der Waals surface area contributed by atoms with Gasteiger partial charge in [-0.25, -0.2) is 0 Å². The molecule has 1 aliphatic rings. The normalized spacial score (nSPS) is 9.75. The number of hydrogen-bond acceptors (Lipinski definition) is 11. The second kappa shape index (κ2) is 34.5. The molecule has 0 aromatic rings. The molecule has 1 aliphatic heterocycles. The van der Waals surface area contributed by atoms with Crippen LogP contribution in [-0.2, 0) is 0 Å². The lowest BCUT2D eigenvalue weighted by Crippen LogP contribution is -2.10. The Bertz CT molecular complexity index is 369. The number of rotatable bonds is 1. The van der Waals surface area contributed by atoms with Gasteiger partial charge in [-0.15, -0.1) is 23.5 Å². The van der Waals surface area contributed by atoms with Gasteiger partial charge in [-0.1, -0.05) is 19.2 Å². The Labute approximate surface area is 177 Å². The van der Waals surface area contributed by atoms with Gasteiger partial charge in [-0.2, -0.15) is 54.3 Å². The first kappa shape index (κ1) is 35.3. The highest BCUT2D eigenvalue weighted by Gasteiger charge is 2.03. The van der Waals surface area contributed by atoms with E-state index in [4.69, 9.17) is 16.3 Å². The first-order valence-electron chi connectivity index (χ1n) is 5.82. The summed E-state index contributed by atoms with van der Waals surface area (Å²) in [6.07, 6.45) is 9.01. The molecule has 0 aromatic carbocycles. The van der Waals surface area contributed by atoms with Crippen LogP contribution in [0.25, 0.3) is 0 Å². The van der Waals surface area contributed by atoms with Crippen LogP contribution < -0.4 is 11.1 Å². The minimum absolute atomic E-state index is 0. The van der Waals surface area contributed by atoms with Crippen LogP contribution in [-0.4, -0.2) is 52.9 Å². The van der Waals surface area contributed by atoms with Gasteiger partial charge in [0.25, 0.3) is 0 Å². The Hall–Kier alpha value is 0.180. The van der Waals surface area contributed by atoms with Gasteiger partial charge in [-0.05, 0) is 18.8 Å². The van der Waals surface area contributed by atoms with E-state index in [0.29, 0.717) is 6.54 Å². The molecule has 0 saturated carbocycles. The molecule has 1 rings (SSSR count). The standard InChI is InChI=1S/C4H5N3S.C4H6N2S2.C2H7NS.CH4S.CH4.H2S/c5-3-7-4-6-1-2-8-4;1-7-4(8-2)6-3-5;3-1-2-4;1-2;;/h1-2H2,(H,6,7);1-2H3;4H,1-3H2;2H,1H3;1H4;1H2. The SMILES string of the molecule is C.CS.CSC(=NC#N)SC.N#CNC1=NCCS1.NCCS.S. The van der Waals surface area contributed by atoms with Crippen molar-refractivity contribution in [3.05, 3.63) is 0 Å². The number of nitriles is 2. The van der Waals surface area contributed by atoms with Gasteiger partial charge in [0.1, 0.15) is 4.38 Å². The van der Waals surface area contributed by atoms with Crippen LogP contribution in [0.2, 0.25) is 0 Å². The van der Waals surface area contributed by atoms with E-state index >= 15 is 0 Å². The summed E-state index contributed by atoms with van der Waals surface area (Å²) in [6, 6.07) is 0. The highest BCUT2D eigenvalue weighted by Crippen LogP contribution is 2.09. The van der Waals surface area contributed by atoms with Gasteiger partial charge in [0.05, 0.1) is 6.54 Å². The molecule has 0 fully saturated rings. The predicted octanol–water partition coefficient (Wildman–Crippen LogP) is 2.88. The lowest BCUT2D eigenvalue weighted by Gasteiger charge is -1.88. The van der Waals surface area contributed by atoms with Crippen molar-refractivity contribution in [3.8, 4) is 12.4 Å². The third-order valence-electron chi connectivity index (χ3n) is 1.37. The molecule has 0 spiro atoms. The lowest BCUT2D eigenvalue weighted by atomic mass is 10.8. The minimum Gasteiger partial charge on any atom is -0.330 e. The van der Waals surface area contributed by atoms with Crippen LogP contribution in [0, 0.1) is 22.9 Å². The van der Waals surface area contributed by atoms with Crippen molar-refractivity contribution in [1.29, 1.82) is 10.5 Å². The number of hydrogen-bond donors (Lipinski definition) is 4. The largest absolute Gasteiger partial charge is 0.330 e. The predicted molar refractivity (Wildman–Crippen MR) is 129 cm³/mol. The average Bonchev–Trinajstić information content (AvgIpc) is 3.09. The maximum Gasteiger partial charge on any atom is 0.207 e. The van der Waals surface area contributed by atoms with E-state index in [0.717, 1.165) is 27.6 Å². The highest BCUT2D eigenvalue weighted by atomic mass is 32.2.